The quantitative estimate of drug-likeness (QED) is 0.728. The van der Waals surface area contributed by atoms with Gasteiger partial charge in [0.2, 0.25) is 5.91 Å². The van der Waals surface area contributed by atoms with Gasteiger partial charge in [-0.05, 0) is 31.4 Å². The highest BCUT2D eigenvalue weighted by molar-refractivity contribution is 5.78. The van der Waals surface area contributed by atoms with Crippen LogP contribution in [0.25, 0.3) is 0 Å². The van der Waals surface area contributed by atoms with Crippen molar-refractivity contribution in [3.63, 3.8) is 0 Å². The second-order valence-corrected chi connectivity index (χ2v) is 7.96. The number of rotatable bonds is 7. The molecule has 0 radical (unpaired) electrons. The Balaban J connectivity index is 1.72. The largest absolute Gasteiger partial charge is 0.370 e. The Morgan fingerprint density at radius 2 is 2.14 bits per heavy atom. The van der Waals surface area contributed by atoms with E-state index in [1.165, 1.54) is 0 Å². The third-order valence-corrected chi connectivity index (χ3v) is 4.96. The first kappa shape index (κ1) is 20.5. The summed E-state index contributed by atoms with van der Waals surface area (Å²) in [5.41, 5.74) is 2.94. The van der Waals surface area contributed by atoms with Gasteiger partial charge in [-0.1, -0.05) is 25.1 Å². The standard InChI is InChI=1S/C21H30N4O3/c1-15(2)9-25-12-19(27-14-20-16(3)23-28-17(20)4)11-24(13-21(25)26)10-18-6-5-7-22-8-18/h5-8,15,19H,9-14H2,1-4H3/t19-/m1/s1. The minimum absolute atomic E-state index is 0.0735. The third kappa shape index (κ3) is 5.39. The summed E-state index contributed by atoms with van der Waals surface area (Å²) >= 11 is 0. The number of amides is 1. The summed E-state index contributed by atoms with van der Waals surface area (Å²) in [5, 5.41) is 4.00. The molecule has 0 spiro atoms. The van der Waals surface area contributed by atoms with Crippen LogP contribution in [0.4, 0.5) is 0 Å². The number of ether oxygens (including phenoxy) is 1. The first-order chi connectivity index (χ1) is 13.4. The van der Waals surface area contributed by atoms with Crippen molar-refractivity contribution in [3.05, 3.63) is 47.1 Å². The lowest BCUT2D eigenvalue weighted by Gasteiger charge is -2.26. The molecule has 3 rings (SSSR count). The van der Waals surface area contributed by atoms with Gasteiger partial charge in [0, 0.05) is 44.1 Å². The van der Waals surface area contributed by atoms with Crippen LogP contribution in [0.3, 0.4) is 0 Å². The Morgan fingerprint density at radius 1 is 1.32 bits per heavy atom. The van der Waals surface area contributed by atoms with E-state index in [1.54, 1.807) is 6.20 Å². The number of aryl methyl sites for hydroxylation is 2. The summed E-state index contributed by atoms with van der Waals surface area (Å²) in [6.45, 7) is 11.6. The highest BCUT2D eigenvalue weighted by Gasteiger charge is 2.29. The van der Waals surface area contributed by atoms with Gasteiger partial charge in [0.25, 0.3) is 0 Å². The Labute approximate surface area is 166 Å². The highest BCUT2D eigenvalue weighted by Crippen LogP contribution is 2.18. The van der Waals surface area contributed by atoms with Gasteiger partial charge in [0.15, 0.2) is 0 Å². The molecule has 0 unspecified atom stereocenters. The summed E-state index contributed by atoms with van der Waals surface area (Å²) in [4.78, 5) is 21.1. The molecular formula is C21H30N4O3. The van der Waals surface area contributed by atoms with E-state index in [9.17, 15) is 4.79 Å². The van der Waals surface area contributed by atoms with Crippen LogP contribution in [0.5, 0.6) is 0 Å². The minimum Gasteiger partial charge on any atom is -0.370 e. The van der Waals surface area contributed by atoms with Gasteiger partial charge >= 0.3 is 0 Å². The normalized spacial score (nSPS) is 18.7. The Kier molecular flexibility index (Phi) is 6.80. The van der Waals surface area contributed by atoms with E-state index in [1.807, 2.05) is 37.1 Å². The van der Waals surface area contributed by atoms with Gasteiger partial charge < -0.3 is 14.2 Å². The van der Waals surface area contributed by atoms with Gasteiger partial charge in [-0.2, -0.15) is 0 Å². The second kappa shape index (κ2) is 9.30. The SMILES string of the molecule is Cc1noc(C)c1CO[C@@H]1CN(Cc2cccnc2)CC(=O)N(CC(C)C)C1. The van der Waals surface area contributed by atoms with Crippen LogP contribution in [0.15, 0.2) is 29.0 Å². The maximum absolute atomic E-state index is 12.8. The number of hydrogen-bond acceptors (Lipinski definition) is 6. The number of carbonyl (C=O) groups excluding carboxylic acids is 1. The first-order valence-electron chi connectivity index (χ1n) is 9.84. The molecule has 7 nitrogen and oxygen atoms in total. The number of aromatic nitrogens is 2. The molecule has 1 fully saturated rings. The molecule has 0 aromatic carbocycles. The monoisotopic (exact) mass is 386 g/mol. The molecule has 1 atom stereocenters. The molecule has 2 aromatic rings. The Hall–Kier alpha value is -2.25. The van der Waals surface area contributed by atoms with E-state index >= 15 is 0 Å². The zero-order valence-electron chi connectivity index (χ0n) is 17.2. The Morgan fingerprint density at radius 3 is 2.79 bits per heavy atom. The van der Waals surface area contributed by atoms with E-state index in [2.05, 4.69) is 28.9 Å². The molecular weight excluding hydrogens is 356 g/mol. The molecule has 0 saturated carbocycles. The molecule has 0 aliphatic carbocycles. The predicted molar refractivity (Wildman–Crippen MR) is 105 cm³/mol. The van der Waals surface area contributed by atoms with E-state index in [0.29, 0.717) is 38.7 Å². The van der Waals surface area contributed by atoms with Crippen molar-refractivity contribution in [3.8, 4) is 0 Å². The van der Waals surface area contributed by atoms with Crippen molar-refractivity contribution in [2.75, 3.05) is 26.2 Å². The predicted octanol–water partition coefficient (Wildman–Crippen LogP) is 2.57. The van der Waals surface area contributed by atoms with Gasteiger partial charge in [0.1, 0.15) is 5.76 Å². The zero-order valence-corrected chi connectivity index (χ0v) is 17.2. The van der Waals surface area contributed by atoms with Crippen LogP contribution in [0.1, 0.15) is 36.4 Å². The maximum atomic E-state index is 12.8. The number of hydrogen-bond donors (Lipinski definition) is 0. The van der Waals surface area contributed by atoms with Crippen LogP contribution >= 0.6 is 0 Å². The second-order valence-electron chi connectivity index (χ2n) is 7.96. The van der Waals surface area contributed by atoms with Crippen LogP contribution in [-0.2, 0) is 22.7 Å². The summed E-state index contributed by atoms with van der Waals surface area (Å²) in [6.07, 6.45) is 3.54. The van der Waals surface area contributed by atoms with Crippen molar-refractivity contribution in [1.29, 1.82) is 0 Å². The molecule has 0 bridgehead atoms. The first-order valence-corrected chi connectivity index (χ1v) is 9.84. The fourth-order valence-corrected chi connectivity index (χ4v) is 3.55. The van der Waals surface area contributed by atoms with E-state index in [-0.39, 0.29) is 12.0 Å². The summed E-state index contributed by atoms with van der Waals surface area (Å²) in [5.74, 6) is 1.35. The topological polar surface area (TPSA) is 71.7 Å². The molecule has 28 heavy (non-hydrogen) atoms. The molecule has 0 N–H and O–H groups in total. The Bertz CT molecular complexity index is 756. The highest BCUT2D eigenvalue weighted by atomic mass is 16.5. The molecule has 7 heteroatoms. The fraction of sp³-hybridized carbons (Fsp3) is 0.571. The van der Waals surface area contributed by atoms with E-state index in [4.69, 9.17) is 9.26 Å². The van der Waals surface area contributed by atoms with Crippen LogP contribution in [0.2, 0.25) is 0 Å². The van der Waals surface area contributed by atoms with Crippen molar-refractivity contribution in [2.24, 2.45) is 5.92 Å². The van der Waals surface area contributed by atoms with Gasteiger partial charge in [-0.15, -0.1) is 0 Å². The molecule has 1 aliphatic rings. The van der Waals surface area contributed by atoms with Crippen molar-refractivity contribution < 1.29 is 14.1 Å². The van der Waals surface area contributed by atoms with Crippen LogP contribution < -0.4 is 0 Å². The fourth-order valence-electron chi connectivity index (χ4n) is 3.55. The third-order valence-electron chi connectivity index (χ3n) is 4.96. The van der Waals surface area contributed by atoms with Crippen molar-refractivity contribution in [2.45, 2.75) is 47.0 Å². The lowest BCUT2D eigenvalue weighted by Crippen LogP contribution is -2.40. The smallest absolute Gasteiger partial charge is 0.236 e. The van der Waals surface area contributed by atoms with Gasteiger partial charge in [-0.25, -0.2) is 0 Å². The molecule has 3 heterocycles. The van der Waals surface area contributed by atoms with Crippen molar-refractivity contribution in [1.82, 2.24) is 19.9 Å². The average Bonchev–Trinajstić information content (AvgIpc) is 2.89. The molecule has 1 aliphatic heterocycles. The van der Waals surface area contributed by atoms with E-state index in [0.717, 1.165) is 29.1 Å². The number of carbonyl (C=O) groups is 1. The van der Waals surface area contributed by atoms with Gasteiger partial charge in [0.05, 0.1) is 24.9 Å². The number of nitrogens with zero attached hydrogens (tertiary/aromatic N) is 4. The minimum atomic E-state index is -0.0735. The average molecular weight is 386 g/mol. The molecule has 2 aromatic heterocycles. The number of pyridine rings is 1. The molecule has 1 amide bonds. The van der Waals surface area contributed by atoms with Crippen LogP contribution in [0, 0.1) is 19.8 Å². The van der Waals surface area contributed by atoms with E-state index < -0.39 is 0 Å². The summed E-state index contributed by atoms with van der Waals surface area (Å²) < 4.78 is 11.5. The maximum Gasteiger partial charge on any atom is 0.236 e. The lowest BCUT2D eigenvalue weighted by molar-refractivity contribution is -0.132. The van der Waals surface area contributed by atoms with Crippen molar-refractivity contribution >= 4 is 5.91 Å². The lowest BCUT2D eigenvalue weighted by atomic mass is 10.2. The molecule has 152 valence electrons. The summed E-state index contributed by atoms with van der Waals surface area (Å²) in [7, 11) is 0. The van der Waals surface area contributed by atoms with Gasteiger partial charge in [-0.3, -0.25) is 14.7 Å². The zero-order chi connectivity index (χ0) is 20.1. The van der Waals surface area contributed by atoms with Crippen LogP contribution in [-0.4, -0.2) is 58.1 Å². The summed E-state index contributed by atoms with van der Waals surface area (Å²) in [6, 6.07) is 3.96. The molecule has 1 saturated heterocycles.